The normalized spacial score (nSPS) is 12.0. The van der Waals surface area contributed by atoms with Crippen molar-refractivity contribution in [1.82, 2.24) is 19.3 Å². The van der Waals surface area contributed by atoms with Crippen LogP contribution in [-0.4, -0.2) is 25.2 Å². The van der Waals surface area contributed by atoms with Crippen LogP contribution in [0.25, 0.3) is 21.3 Å². The summed E-state index contributed by atoms with van der Waals surface area (Å²) in [7, 11) is 1.63. The number of hydrogen-bond acceptors (Lipinski definition) is 6. The summed E-state index contributed by atoms with van der Waals surface area (Å²) in [4.78, 5) is 32.6. The molecule has 1 N–H and O–H groups in total. The first-order valence-corrected chi connectivity index (χ1v) is 11.5. The topological polar surface area (TPSA) is 106 Å². The lowest BCUT2D eigenvalue weighted by atomic mass is 10.0. The Morgan fingerprint density at radius 1 is 1.34 bits per heavy atom. The maximum atomic E-state index is 13.5. The summed E-state index contributed by atoms with van der Waals surface area (Å²) in [6, 6.07) is 8.94. The molecule has 3 heterocycles. The zero-order chi connectivity index (χ0) is 23.0. The Kier molecular flexibility index (Phi) is 5.95. The number of carbonyl (C=O) groups excluding carboxylic acids is 1. The zero-order valence-electron chi connectivity index (χ0n) is 17.6. The number of aromatic nitrogens is 4. The number of halogens is 1. The fraction of sp³-hybridized carbons (Fsp3) is 0.227. The minimum atomic E-state index is -0.844. The molecule has 1 unspecified atom stereocenters. The lowest BCUT2D eigenvalue weighted by molar-refractivity contribution is -0.118. The van der Waals surface area contributed by atoms with Crippen molar-refractivity contribution >= 4 is 49.2 Å². The van der Waals surface area contributed by atoms with E-state index in [1.54, 1.807) is 14.0 Å². The summed E-state index contributed by atoms with van der Waals surface area (Å²) in [5.74, 6) is -0.157. The number of carbonyl (C=O) groups is 1. The molecule has 10 heteroatoms. The van der Waals surface area contributed by atoms with Crippen LogP contribution in [0, 0.1) is 11.3 Å². The van der Waals surface area contributed by atoms with Gasteiger partial charge in [-0.15, -0.1) is 11.3 Å². The van der Waals surface area contributed by atoms with Gasteiger partial charge in [-0.25, -0.2) is 4.98 Å². The molecule has 4 aromatic rings. The zero-order valence-corrected chi connectivity index (χ0v) is 20.0. The lowest BCUT2D eigenvalue weighted by Gasteiger charge is -2.15. The summed E-state index contributed by atoms with van der Waals surface area (Å²) < 4.78 is 3.69. The first-order chi connectivity index (χ1) is 15.3. The third-order valence-electron chi connectivity index (χ3n) is 5.26. The van der Waals surface area contributed by atoms with Crippen molar-refractivity contribution in [2.75, 3.05) is 5.32 Å². The first-order valence-electron chi connectivity index (χ1n) is 9.87. The van der Waals surface area contributed by atoms with Crippen molar-refractivity contribution < 1.29 is 4.79 Å². The molecule has 0 aliphatic rings. The maximum absolute atomic E-state index is 13.5. The van der Waals surface area contributed by atoms with Crippen molar-refractivity contribution in [3.8, 4) is 17.2 Å². The van der Waals surface area contributed by atoms with Gasteiger partial charge in [0.15, 0.2) is 0 Å². The van der Waals surface area contributed by atoms with Crippen LogP contribution in [0.5, 0.6) is 0 Å². The SMILES string of the molecule is CCc1sc2ncn(C(C)C(=O)Nc3c(C#N)cnn3C)c(=O)c2c1-c1ccc(Br)cc1. The average molecular weight is 511 g/mol. The Bertz CT molecular complexity index is 1430. The van der Waals surface area contributed by atoms with Gasteiger partial charge < -0.3 is 5.32 Å². The molecule has 4 rings (SSSR count). The number of nitrogens with zero attached hydrogens (tertiary/aromatic N) is 5. The largest absolute Gasteiger partial charge is 0.308 e. The quantitative estimate of drug-likeness (QED) is 0.431. The fourth-order valence-corrected chi connectivity index (χ4v) is 4.87. The Balaban J connectivity index is 1.79. The van der Waals surface area contributed by atoms with E-state index in [0.717, 1.165) is 26.9 Å². The number of fused-ring (bicyclic) bond motifs is 1. The maximum Gasteiger partial charge on any atom is 0.263 e. The molecule has 1 amide bonds. The number of benzene rings is 1. The minimum absolute atomic E-state index is 0.247. The standard InChI is InChI=1S/C22H19BrN6O2S/c1-4-16-17(13-5-7-15(23)8-6-13)18-21(32-16)25-11-29(22(18)31)12(2)20(30)27-19-14(9-24)10-26-28(19)3/h5-8,10-12H,4H2,1-3H3,(H,27,30). The number of thiophene rings is 1. The Hall–Kier alpha value is -3.29. The molecule has 0 saturated carbocycles. The second-order valence-electron chi connectivity index (χ2n) is 7.21. The van der Waals surface area contributed by atoms with Gasteiger partial charge in [0.25, 0.3) is 5.56 Å². The van der Waals surface area contributed by atoms with Crippen molar-refractivity contribution in [2.45, 2.75) is 26.3 Å². The second-order valence-corrected chi connectivity index (χ2v) is 9.20. The van der Waals surface area contributed by atoms with E-state index < -0.39 is 11.9 Å². The highest BCUT2D eigenvalue weighted by Crippen LogP contribution is 2.37. The predicted octanol–water partition coefficient (Wildman–Crippen LogP) is 4.25. The van der Waals surface area contributed by atoms with Gasteiger partial charge >= 0.3 is 0 Å². The molecule has 0 aliphatic carbocycles. The molecule has 0 bridgehead atoms. The fourth-order valence-electron chi connectivity index (χ4n) is 3.51. The highest BCUT2D eigenvalue weighted by atomic mass is 79.9. The third-order valence-corrected chi connectivity index (χ3v) is 7.03. The molecule has 0 saturated heterocycles. The van der Waals surface area contributed by atoms with E-state index in [1.807, 2.05) is 37.3 Å². The highest BCUT2D eigenvalue weighted by Gasteiger charge is 2.23. The van der Waals surface area contributed by atoms with Gasteiger partial charge in [0.1, 0.15) is 28.3 Å². The molecule has 8 nitrogen and oxygen atoms in total. The minimum Gasteiger partial charge on any atom is -0.308 e. The number of hydrogen-bond donors (Lipinski definition) is 1. The second kappa shape index (κ2) is 8.68. The van der Waals surface area contributed by atoms with E-state index in [1.165, 1.54) is 33.1 Å². The molecule has 0 fully saturated rings. The van der Waals surface area contributed by atoms with E-state index in [4.69, 9.17) is 0 Å². The number of nitriles is 1. The molecule has 162 valence electrons. The smallest absolute Gasteiger partial charge is 0.263 e. The van der Waals surface area contributed by atoms with Gasteiger partial charge in [0.2, 0.25) is 5.91 Å². The van der Waals surface area contributed by atoms with Crippen molar-refractivity contribution in [2.24, 2.45) is 7.05 Å². The molecule has 0 aliphatic heterocycles. The van der Waals surface area contributed by atoms with Crippen LogP contribution in [-0.2, 0) is 18.3 Å². The molecule has 3 aromatic heterocycles. The summed E-state index contributed by atoms with van der Waals surface area (Å²) in [5, 5.41) is 16.4. The van der Waals surface area contributed by atoms with Crippen LogP contribution in [0.3, 0.4) is 0 Å². The highest BCUT2D eigenvalue weighted by molar-refractivity contribution is 9.10. The Morgan fingerprint density at radius 3 is 2.72 bits per heavy atom. The van der Waals surface area contributed by atoms with Crippen LogP contribution in [0.15, 0.2) is 46.1 Å². The van der Waals surface area contributed by atoms with Crippen LogP contribution < -0.4 is 10.9 Å². The number of anilines is 1. The van der Waals surface area contributed by atoms with Crippen LogP contribution in [0.4, 0.5) is 5.82 Å². The third kappa shape index (κ3) is 3.74. The Labute approximate surface area is 196 Å². The Morgan fingerprint density at radius 2 is 2.06 bits per heavy atom. The van der Waals surface area contributed by atoms with Crippen molar-refractivity contribution in [3.05, 3.63) is 62.1 Å². The molecule has 0 spiro atoms. The molecule has 32 heavy (non-hydrogen) atoms. The van der Waals surface area contributed by atoms with E-state index in [2.05, 4.69) is 31.3 Å². The number of rotatable bonds is 5. The van der Waals surface area contributed by atoms with Gasteiger partial charge in [0.05, 0.1) is 17.9 Å². The van der Waals surface area contributed by atoms with Gasteiger partial charge in [-0.1, -0.05) is 35.0 Å². The lowest BCUT2D eigenvalue weighted by Crippen LogP contribution is -2.32. The molecule has 0 radical (unpaired) electrons. The predicted molar refractivity (Wildman–Crippen MR) is 128 cm³/mol. The first kappa shape index (κ1) is 21.9. The van der Waals surface area contributed by atoms with E-state index in [-0.39, 0.29) is 16.9 Å². The summed E-state index contributed by atoms with van der Waals surface area (Å²) in [6.45, 7) is 3.67. The molecule has 1 atom stereocenters. The van der Waals surface area contributed by atoms with Gasteiger partial charge in [-0.05, 0) is 31.0 Å². The summed E-state index contributed by atoms with van der Waals surface area (Å²) >= 11 is 4.94. The van der Waals surface area contributed by atoms with Crippen LogP contribution >= 0.6 is 27.3 Å². The van der Waals surface area contributed by atoms with E-state index in [0.29, 0.717) is 10.2 Å². The van der Waals surface area contributed by atoms with Crippen LogP contribution in [0.1, 0.15) is 30.3 Å². The van der Waals surface area contributed by atoms with Crippen molar-refractivity contribution in [3.63, 3.8) is 0 Å². The average Bonchev–Trinajstić information content (AvgIpc) is 3.34. The van der Waals surface area contributed by atoms with E-state index in [9.17, 15) is 14.9 Å². The summed E-state index contributed by atoms with van der Waals surface area (Å²) in [5.41, 5.74) is 1.76. The number of amides is 1. The number of nitrogens with one attached hydrogen (secondary N) is 1. The molecular weight excluding hydrogens is 492 g/mol. The molecular formula is C22H19BrN6O2S. The molecule has 1 aromatic carbocycles. The van der Waals surface area contributed by atoms with Gasteiger partial charge in [0, 0.05) is 22.0 Å². The van der Waals surface area contributed by atoms with Gasteiger partial charge in [-0.2, -0.15) is 10.4 Å². The summed E-state index contributed by atoms with van der Waals surface area (Å²) in [6.07, 6.45) is 3.55. The number of aryl methyl sites for hydroxylation is 2. The monoisotopic (exact) mass is 510 g/mol. The van der Waals surface area contributed by atoms with Crippen LogP contribution in [0.2, 0.25) is 0 Å². The van der Waals surface area contributed by atoms with Crippen molar-refractivity contribution in [1.29, 1.82) is 5.26 Å². The van der Waals surface area contributed by atoms with Gasteiger partial charge in [-0.3, -0.25) is 18.8 Å². The van der Waals surface area contributed by atoms with E-state index >= 15 is 0 Å².